The highest BCUT2D eigenvalue weighted by molar-refractivity contribution is 5.70. The van der Waals surface area contributed by atoms with E-state index >= 15 is 0 Å². The minimum absolute atomic E-state index is 0.0440. The van der Waals surface area contributed by atoms with Gasteiger partial charge in [-0.3, -0.25) is 9.59 Å². The van der Waals surface area contributed by atoms with Crippen LogP contribution in [0.2, 0.25) is 0 Å². The maximum Gasteiger partial charge on any atom is 0.306 e. The van der Waals surface area contributed by atoms with Crippen molar-refractivity contribution in [3.63, 3.8) is 0 Å². The van der Waals surface area contributed by atoms with Crippen molar-refractivity contribution in [1.29, 1.82) is 0 Å². The summed E-state index contributed by atoms with van der Waals surface area (Å²) in [6.07, 6.45) is 70.0. The summed E-state index contributed by atoms with van der Waals surface area (Å²) >= 11 is 0. The first kappa shape index (κ1) is 58.8. The number of ether oxygens (including phenoxy) is 3. The molecule has 1 atom stereocenters. The number of carbonyl (C=O) groups excluding carboxylic acids is 2. The molecule has 0 rings (SSSR count). The van der Waals surface area contributed by atoms with E-state index < -0.39 is 6.10 Å². The van der Waals surface area contributed by atoms with E-state index in [1.165, 1.54) is 96.3 Å². The quantitative estimate of drug-likeness (QED) is 0.0347. The summed E-state index contributed by atoms with van der Waals surface area (Å²) in [7, 11) is 0. The molecule has 0 aliphatic rings. The molecule has 0 aromatic carbocycles. The third-order valence-electron chi connectivity index (χ3n) is 10.6. The summed E-state index contributed by atoms with van der Waals surface area (Å²) < 4.78 is 17.3. The Morgan fingerprint density at radius 3 is 1.16 bits per heavy atom. The van der Waals surface area contributed by atoms with Crippen molar-refractivity contribution in [2.24, 2.45) is 0 Å². The lowest BCUT2D eigenvalue weighted by Gasteiger charge is -2.18. The predicted molar refractivity (Wildman–Crippen MR) is 270 cm³/mol. The van der Waals surface area contributed by atoms with Crippen LogP contribution in [-0.2, 0) is 23.8 Å². The monoisotopic (exact) mass is 861 g/mol. The van der Waals surface area contributed by atoms with Gasteiger partial charge in [0.15, 0.2) is 6.10 Å². The molecule has 0 aromatic heterocycles. The minimum atomic E-state index is -0.589. The molecule has 354 valence electrons. The molecule has 0 radical (unpaired) electrons. The van der Waals surface area contributed by atoms with E-state index in [1.807, 2.05) is 0 Å². The third kappa shape index (κ3) is 49.5. The van der Waals surface area contributed by atoms with Crippen LogP contribution in [0.5, 0.6) is 0 Å². The average molecular weight is 861 g/mol. The first-order chi connectivity index (χ1) is 30.6. The topological polar surface area (TPSA) is 61.8 Å². The zero-order valence-electron chi connectivity index (χ0n) is 40.6. The highest BCUT2D eigenvalue weighted by atomic mass is 16.6. The number of esters is 2. The van der Waals surface area contributed by atoms with Crippen molar-refractivity contribution in [1.82, 2.24) is 0 Å². The van der Waals surface area contributed by atoms with Crippen LogP contribution in [-0.4, -0.2) is 37.9 Å². The number of unbranched alkanes of at least 4 members (excludes halogenated alkanes) is 19. The third-order valence-corrected chi connectivity index (χ3v) is 10.6. The number of rotatable bonds is 46. The molecule has 0 saturated heterocycles. The predicted octanol–water partition coefficient (Wildman–Crippen LogP) is 17.5. The number of allylic oxidation sites excluding steroid dienone is 16. The van der Waals surface area contributed by atoms with E-state index in [4.69, 9.17) is 14.2 Å². The Morgan fingerprint density at radius 2 is 0.726 bits per heavy atom. The SMILES string of the molecule is CC/C=C\C/C=C\C/C=C\C/C=C\CCCCC(=O)OC(COCCC/C=C\C/C=C\C/C=C\C/C=C\CC)COC(=O)CCCCCCCCCCCCCCCCCCC. The Labute approximate surface area is 383 Å². The van der Waals surface area contributed by atoms with Crippen molar-refractivity contribution >= 4 is 11.9 Å². The van der Waals surface area contributed by atoms with Crippen molar-refractivity contribution in [2.75, 3.05) is 19.8 Å². The summed E-state index contributed by atoms with van der Waals surface area (Å²) in [6.45, 7) is 7.42. The molecule has 62 heavy (non-hydrogen) atoms. The Kier molecular flexibility index (Phi) is 49.5. The second-order valence-electron chi connectivity index (χ2n) is 16.7. The van der Waals surface area contributed by atoms with Crippen LogP contribution >= 0.6 is 0 Å². The van der Waals surface area contributed by atoms with Gasteiger partial charge in [-0.05, 0) is 89.9 Å². The molecule has 0 aliphatic heterocycles. The fourth-order valence-electron chi connectivity index (χ4n) is 6.86. The van der Waals surface area contributed by atoms with Crippen LogP contribution in [0.1, 0.15) is 226 Å². The zero-order chi connectivity index (χ0) is 44.9. The molecule has 5 nitrogen and oxygen atoms in total. The fraction of sp³-hybridized carbons (Fsp3) is 0.684. The molecular weight excluding hydrogens is 765 g/mol. The molecule has 0 aliphatic carbocycles. The highest BCUT2D eigenvalue weighted by Crippen LogP contribution is 2.15. The Balaban J connectivity index is 4.39. The van der Waals surface area contributed by atoms with Crippen molar-refractivity contribution in [2.45, 2.75) is 232 Å². The second-order valence-corrected chi connectivity index (χ2v) is 16.7. The van der Waals surface area contributed by atoms with Gasteiger partial charge in [-0.25, -0.2) is 0 Å². The molecule has 0 spiro atoms. The van der Waals surface area contributed by atoms with Gasteiger partial charge < -0.3 is 14.2 Å². The van der Waals surface area contributed by atoms with Gasteiger partial charge in [0.05, 0.1) is 6.61 Å². The molecule has 0 heterocycles. The Morgan fingerprint density at radius 1 is 0.371 bits per heavy atom. The van der Waals surface area contributed by atoms with E-state index in [9.17, 15) is 9.59 Å². The number of hydrogen-bond acceptors (Lipinski definition) is 5. The first-order valence-electron chi connectivity index (χ1n) is 25.8. The van der Waals surface area contributed by atoms with Crippen molar-refractivity contribution in [3.05, 3.63) is 97.2 Å². The normalized spacial score (nSPS) is 13.0. The van der Waals surface area contributed by atoms with Gasteiger partial charge in [-0.15, -0.1) is 0 Å². The summed E-state index contributed by atoms with van der Waals surface area (Å²) in [5.74, 6) is -0.475. The lowest BCUT2D eigenvalue weighted by atomic mass is 10.0. The second kappa shape index (κ2) is 52.2. The first-order valence-corrected chi connectivity index (χ1v) is 25.8. The summed E-state index contributed by atoms with van der Waals surface area (Å²) in [6, 6.07) is 0. The Bertz CT molecular complexity index is 1200. The van der Waals surface area contributed by atoms with E-state index in [0.717, 1.165) is 96.3 Å². The lowest BCUT2D eigenvalue weighted by molar-refractivity contribution is -0.163. The standard InChI is InChI=1S/C57H96O5/c1-4-7-10-13-16-19-22-25-28-29-31-32-35-38-41-44-47-50-56(58)61-54-55(53-60-52-49-46-43-40-37-34-27-24-21-18-15-12-9-6-3)62-57(59)51-48-45-42-39-36-33-30-26-23-20-17-14-11-8-5-2/h8-9,11-12,17-18,20-21,26-27,30,34,36,39-40,43,55H,4-7,10,13-16,19,22-25,28-29,31-33,35,37-38,41-42,44-54H2,1-3H3/b11-8-,12-9-,20-17-,21-18-,30-26-,34-27-,39-36-,43-40-. The molecule has 0 fully saturated rings. The maximum atomic E-state index is 12.8. The van der Waals surface area contributed by atoms with E-state index in [-0.39, 0.29) is 25.2 Å². The van der Waals surface area contributed by atoms with Crippen LogP contribution in [0.25, 0.3) is 0 Å². The zero-order valence-corrected chi connectivity index (χ0v) is 40.6. The van der Waals surface area contributed by atoms with E-state index in [0.29, 0.717) is 19.4 Å². The summed E-state index contributed by atoms with van der Waals surface area (Å²) in [5.41, 5.74) is 0. The average Bonchev–Trinajstić information content (AvgIpc) is 3.27. The fourth-order valence-corrected chi connectivity index (χ4v) is 6.86. The van der Waals surface area contributed by atoms with Gasteiger partial charge in [0.1, 0.15) is 6.61 Å². The molecule has 0 saturated carbocycles. The number of hydrogen-bond donors (Lipinski definition) is 0. The van der Waals surface area contributed by atoms with Crippen LogP contribution in [0.15, 0.2) is 97.2 Å². The molecule has 0 amide bonds. The summed E-state index contributed by atoms with van der Waals surface area (Å²) in [4.78, 5) is 25.4. The van der Waals surface area contributed by atoms with Crippen LogP contribution in [0, 0.1) is 0 Å². The summed E-state index contributed by atoms with van der Waals surface area (Å²) in [5, 5.41) is 0. The largest absolute Gasteiger partial charge is 0.462 e. The van der Waals surface area contributed by atoms with E-state index in [1.54, 1.807) is 0 Å². The van der Waals surface area contributed by atoms with Gasteiger partial charge >= 0.3 is 11.9 Å². The van der Waals surface area contributed by atoms with Crippen LogP contribution in [0.4, 0.5) is 0 Å². The lowest BCUT2D eigenvalue weighted by Crippen LogP contribution is -2.30. The van der Waals surface area contributed by atoms with Gasteiger partial charge in [0.2, 0.25) is 0 Å². The van der Waals surface area contributed by atoms with Gasteiger partial charge in [-0.1, -0.05) is 221 Å². The molecule has 0 N–H and O–H groups in total. The molecule has 0 bridgehead atoms. The maximum absolute atomic E-state index is 12.8. The van der Waals surface area contributed by atoms with E-state index in [2.05, 4.69) is 118 Å². The van der Waals surface area contributed by atoms with Crippen molar-refractivity contribution < 1.29 is 23.8 Å². The Hall–Kier alpha value is -3.18. The molecule has 5 heteroatoms. The highest BCUT2D eigenvalue weighted by Gasteiger charge is 2.17. The van der Waals surface area contributed by atoms with Crippen LogP contribution in [0.3, 0.4) is 0 Å². The van der Waals surface area contributed by atoms with Gasteiger partial charge in [0, 0.05) is 19.4 Å². The molecular formula is C57H96O5. The minimum Gasteiger partial charge on any atom is -0.462 e. The molecule has 1 unspecified atom stereocenters. The van der Waals surface area contributed by atoms with Gasteiger partial charge in [-0.2, -0.15) is 0 Å². The van der Waals surface area contributed by atoms with Gasteiger partial charge in [0.25, 0.3) is 0 Å². The molecule has 0 aromatic rings. The van der Waals surface area contributed by atoms with Crippen molar-refractivity contribution in [3.8, 4) is 0 Å². The smallest absolute Gasteiger partial charge is 0.306 e. The number of carbonyl (C=O) groups is 2. The van der Waals surface area contributed by atoms with Crippen LogP contribution < -0.4 is 0 Å².